The third-order valence-corrected chi connectivity index (χ3v) is 11.6. The normalized spacial score (nSPS) is 39.6. The van der Waals surface area contributed by atoms with Crippen molar-refractivity contribution in [2.24, 2.45) is 5.41 Å². The molecule has 3 saturated heterocycles. The fourth-order valence-electron chi connectivity index (χ4n) is 6.25. The van der Waals surface area contributed by atoms with Crippen LogP contribution in [-0.4, -0.2) is 104 Å². The Bertz CT molecular complexity index is 2130. The second kappa shape index (κ2) is 10.8. The first-order chi connectivity index (χ1) is 22.6. The van der Waals surface area contributed by atoms with E-state index in [1.807, 2.05) is 0 Å². The maximum Gasteiger partial charge on any atom is 0.325 e. The Kier molecular flexibility index (Phi) is 7.32. The van der Waals surface area contributed by atoms with E-state index >= 15 is 13.2 Å². The first-order valence-electron chi connectivity index (χ1n) is 13.8. The summed E-state index contributed by atoms with van der Waals surface area (Å²) < 4.78 is 83.1. The van der Waals surface area contributed by atoms with E-state index in [4.69, 9.17) is 62.6 Å². The van der Waals surface area contributed by atoms with Crippen LogP contribution in [0.1, 0.15) is 18.9 Å². The molecule has 4 aromatic heterocycles. The minimum absolute atomic E-state index is 0.0156. The second-order valence-corrected chi connectivity index (χ2v) is 16.9. The van der Waals surface area contributed by atoms with Crippen LogP contribution in [0.15, 0.2) is 17.4 Å². The summed E-state index contributed by atoms with van der Waals surface area (Å²) in [4.78, 5) is 52.7. The number of rotatable bonds is 2. The van der Waals surface area contributed by atoms with Gasteiger partial charge in [0.25, 0.3) is 11.5 Å². The van der Waals surface area contributed by atoms with Crippen molar-refractivity contribution in [3.63, 3.8) is 0 Å². The number of nitrogen functional groups attached to an aromatic ring is 2. The number of fused-ring (bicyclic) bond motifs is 3. The molecule has 1 spiro atoms. The van der Waals surface area contributed by atoms with Crippen molar-refractivity contribution in [3.8, 4) is 0 Å². The lowest BCUT2D eigenvalue weighted by atomic mass is 9.94. The minimum atomic E-state index is -4.51. The van der Waals surface area contributed by atoms with Crippen LogP contribution in [0.2, 0.25) is 0 Å². The zero-order chi connectivity index (χ0) is 34.0. The van der Waals surface area contributed by atoms with Gasteiger partial charge in [-0.25, -0.2) is 28.1 Å². The van der Waals surface area contributed by atoms with Gasteiger partial charge in [0.05, 0.1) is 31.1 Å². The summed E-state index contributed by atoms with van der Waals surface area (Å²) in [5.74, 6) is -3.80. The topological polar surface area (TPSA) is 268 Å². The van der Waals surface area contributed by atoms with Gasteiger partial charge in [-0.3, -0.25) is 23.4 Å². The van der Waals surface area contributed by atoms with Crippen LogP contribution in [0.4, 0.5) is 24.9 Å². The Morgan fingerprint density at radius 3 is 2.50 bits per heavy atom. The molecule has 4 aromatic rings. The molecular weight excluding hydrogens is 733 g/mol. The number of imidazole rings is 1. The zero-order valence-electron chi connectivity index (χ0n) is 23.6. The van der Waals surface area contributed by atoms with Gasteiger partial charge in [0.1, 0.15) is 24.6 Å². The lowest BCUT2D eigenvalue weighted by Crippen LogP contribution is -2.37. The standard InChI is InChI=1S/C21H22F3N11O9P2S2/c22-8-11-6(41-17(8)34-5-29-10-15(34)30-19(26)31-16(10)36)1-39-46(38,48)44-12-18(35-14-9(32-33-35)13(25)27-4-28-14)42-7(2-40-45(37,47)43-11)20(12)3-21(20,23)24/h4-8,11-12,17-18H,1-3H2,(H,37,47)(H,38,48)(H2,25,27,28)(H3,26,30,31,36)/t6-,7-,8-,11-,12+,17-,18-,20-,45?,46?/m1/s1. The molecule has 2 unspecified atom stereocenters. The lowest BCUT2D eigenvalue weighted by molar-refractivity contribution is -0.0646. The Hall–Kier alpha value is -2.80. The van der Waals surface area contributed by atoms with E-state index in [1.54, 1.807) is 0 Å². The Morgan fingerprint density at radius 2 is 1.75 bits per heavy atom. The monoisotopic (exact) mass is 755 g/mol. The molecular formula is C21H22F3N11O9P2S2. The van der Waals surface area contributed by atoms with Crippen LogP contribution in [0.25, 0.3) is 22.3 Å². The van der Waals surface area contributed by atoms with Crippen molar-refractivity contribution in [1.82, 2.24) is 44.5 Å². The van der Waals surface area contributed by atoms with Crippen molar-refractivity contribution < 1.29 is 50.5 Å². The fourth-order valence-corrected chi connectivity index (χ4v) is 9.11. The number of hydrogen-bond acceptors (Lipinski definition) is 17. The predicted molar refractivity (Wildman–Crippen MR) is 159 cm³/mol. The van der Waals surface area contributed by atoms with Crippen LogP contribution in [0.5, 0.6) is 0 Å². The third-order valence-electron chi connectivity index (χ3n) is 8.53. The number of alkyl halides is 3. The molecule has 0 radical (unpaired) electrons. The number of nitrogens with one attached hydrogen (secondary N) is 1. The number of halogens is 3. The summed E-state index contributed by atoms with van der Waals surface area (Å²) in [6, 6.07) is 0. The van der Waals surface area contributed by atoms with Gasteiger partial charge < -0.3 is 39.8 Å². The number of aromatic nitrogens is 9. The molecule has 258 valence electrons. The quantitative estimate of drug-likeness (QED) is 0.168. The first-order valence-corrected chi connectivity index (χ1v) is 19.0. The molecule has 7 N–H and O–H groups in total. The smallest absolute Gasteiger partial charge is 0.325 e. The van der Waals surface area contributed by atoms with Crippen molar-refractivity contribution in [1.29, 1.82) is 0 Å². The number of ether oxygens (including phenoxy) is 2. The highest BCUT2D eigenvalue weighted by Crippen LogP contribution is 2.73. The number of H-pyrrole nitrogens is 1. The van der Waals surface area contributed by atoms with Gasteiger partial charge in [-0.1, -0.05) is 5.21 Å². The highest BCUT2D eigenvalue weighted by atomic mass is 32.5. The van der Waals surface area contributed by atoms with Crippen molar-refractivity contribution in [2.75, 3.05) is 24.7 Å². The van der Waals surface area contributed by atoms with E-state index in [0.717, 1.165) is 21.9 Å². The Balaban J connectivity index is 1.15. The molecule has 7 heterocycles. The van der Waals surface area contributed by atoms with E-state index < -0.39 is 93.0 Å². The molecule has 27 heteroatoms. The Labute approximate surface area is 274 Å². The summed E-state index contributed by atoms with van der Waals surface area (Å²) in [6.45, 7) is -10.5. The summed E-state index contributed by atoms with van der Waals surface area (Å²) in [7, 11) is 0. The van der Waals surface area contributed by atoms with Crippen LogP contribution < -0.4 is 17.0 Å². The SMILES string of the molecule is Nc1nc2c(ncn2[C@@H]2O[C@@H]3COP(O)(=S)O[C@H]4[C@H](n5nnc6c(N)ncnc65)O[C@H](COP(O)(=S)O[C@H]3[C@H]2F)[C@]42CC2(F)F)c(=O)[nH]1. The molecule has 2 bridgehead atoms. The van der Waals surface area contributed by atoms with Gasteiger partial charge in [-0.2, -0.15) is 9.67 Å². The molecule has 0 amide bonds. The molecule has 0 aromatic carbocycles. The van der Waals surface area contributed by atoms with Gasteiger partial charge >= 0.3 is 13.4 Å². The van der Waals surface area contributed by atoms with Crippen molar-refractivity contribution >= 4 is 71.1 Å². The van der Waals surface area contributed by atoms with Gasteiger partial charge in [0.2, 0.25) is 5.95 Å². The maximum atomic E-state index is 16.1. The summed E-state index contributed by atoms with van der Waals surface area (Å²) in [6.07, 6.45) is -10.5. The molecule has 3 aliphatic heterocycles. The van der Waals surface area contributed by atoms with Crippen LogP contribution in [0.3, 0.4) is 0 Å². The average Bonchev–Trinajstić information content (AvgIpc) is 3.49. The van der Waals surface area contributed by atoms with E-state index in [9.17, 15) is 14.6 Å². The highest BCUT2D eigenvalue weighted by Gasteiger charge is 2.84. The van der Waals surface area contributed by atoms with E-state index in [0.29, 0.717) is 0 Å². The van der Waals surface area contributed by atoms with E-state index in [1.165, 1.54) is 0 Å². The lowest BCUT2D eigenvalue weighted by Gasteiger charge is -2.28. The van der Waals surface area contributed by atoms with Crippen molar-refractivity contribution in [3.05, 3.63) is 23.0 Å². The van der Waals surface area contributed by atoms with Gasteiger partial charge in [0, 0.05) is 6.42 Å². The van der Waals surface area contributed by atoms with Crippen molar-refractivity contribution in [2.45, 2.75) is 55.4 Å². The average molecular weight is 756 g/mol. The fraction of sp³-hybridized carbons (Fsp3) is 0.571. The van der Waals surface area contributed by atoms with Crippen LogP contribution in [0, 0.1) is 5.41 Å². The number of nitrogens with two attached hydrogens (primary N) is 2. The molecule has 8 rings (SSSR count). The van der Waals surface area contributed by atoms with E-state index in [-0.39, 0.29) is 34.1 Å². The number of aromatic amines is 1. The molecule has 4 aliphatic rings. The highest BCUT2D eigenvalue weighted by molar-refractivity contribution is 8.07. The van der Waals surface area contributed by atoms with Crippen LogP contribution in [-0.2, 0) is 51.2 Å². The number of nitrogens with zero attached hydrogens (tertiary/aromatic N) is 8. The summed E-state index contributed by atoms with van der Waals surface area (Å²) in [5, 5.41) is 7.86. The number of hydrogen-bond donors (Lipinski definition) is 5. The van der Waals surface area contributed by atoms with Gasteiger partial charge in [-0.15, -0.1) is 5.10 Å². The van der Waals surface area contributed by atoms with E-state index in [2.05, 4.69) is 35.2 Å². The maximum absolute atomic E-state index is 16.1. The summed E-state index contributed by atoms with van der Waals surface area (Å²) >= 11 is 10.4. The van der Waals surface area contributed by atoms with Crippen LogP contribution >= 0.6 is 13.4 Å². The first kappa shape index (κ1) is 32.4. The largest absolute Gasteiger partial charge is 0.382 e. The number of anilines is 2. The third kappa shape index (κ3) is 4.99. The Morgan fingerprint density at radius 1 is 1.02 bits per heavy atom. The molecule has 4 fully saturated rings. The minimum Gasteiger partial charge on any atom is -0.382 e. The zero-order valence-corrected chi connectivity index (χ0v) is 27.1. The van der Waals surface area contributed by atoms with Gasteiger partial charge in [0.15, 0.2) is 46.8 Å². The second-order valence-electron chi connectivity index (χ2n) is 11.3. The molecule has 48 heavy (non-hydrogen) atoms. The molecule has 1 aliphatic carbocycles. The summed E-state index contributed by atoms with van der Waals surface area (Å²) in [5.41, 5.74) is 8.31. The molecule has 20 nitrogen and oxygen atoms in total. The molecule has 1 saturated carbocycles. The molecule has 10 atom stereocenters. The van der Waals surface area contributed by atoms with Gasteiger partial charge in [-0.05, 0) is 23.6 Å². The predicted octanol–water partition coefficient (Wildman–Crippen LogP) is -0.0720.